The highest BCUT2D eigenvalue weighted by molar-refractivity contribution is 14.0. The minimum atomic E-state index is -3.12. The lowest BCUT2D eigenvalue weighted by atomic mass is 10.2. The van der Waals surface area contributed by atoms with Crippen molar-refractivity contribution in [1.29, 1.82) is 0 Å². The molecule has 1 aliphatic rings. The molecule has 0 radical (unpaired) electrons. The third kappa shape index (κ3) is 11.0. The molecule has 1 heterocycles. The van der Waals surface area contributed by atoms with Crippen LogP contribution < -0.4 is 10.0 Å². The van der Waals surface area contributed by atoms with Crippen molar-refractivity contribution < 1.29 is 8.42 Å². The summed E-state index contributed by atoms with van der Waals surface area (Å²) in [4.78, 5) is 9.37. The van der Waals surface area contributed by atoms with Gasteiger partial charge in [0, 0.05) is 52.4 Å². The average molecular weight is 535 g/mol. The predicted octanol–water partition coefficient (Wildman–Crippen LogP) is 1.84. The van der Waals surface area contributed by atoms with Crippen LogP contribution in [0.2, 0.25) is 0 Å². The van der Waals surface area contributed by atoms with Gasteiger partial charge in [0.2, 0.25) is 10.0 Å². The Hall–Kier alpha value is -1.17. The van der Waals surface area contributed by atoms with Gasteiger partial charge in [0.15, 0.2) is 5.96 Å². The Morgan fingerprint density at radius 3 is 2.48 bits per heavy atom. The molecule has 0 bridgehead atoms. The molecule has 1 fully saturated rings. The summed E-state index contributed by atoms with van der Waals surface area (Å²) >= 11 is 0. The highest BCUT2D eigenvalue weighted by atomic mass is 127. The van der Waals surface area contributed by atoms with E-state index in [2.05, 4.69) is 68.2 Å². The van der Waals surface area contributed by atoms with Gasteiger partial charge in [-0.25, -0.2) is 13.1 Å². The van der Waals surface area contributed by atoms with Crippen LogP contribution in [0.1, 0.15) is 18.9 Å². The fourth-order valence-electron chi connectivity index (χ4n) is 2.99. The van der Waals surface area contributed by atoms with E-state index in [4.69, 9.17) is 0 Å². The molecule has 1 saturated heterocycles. The molecule has 2 N–H and O–H groups in total. The van der Waals surface area contributed by atoms with Gasteiger partial charge in [0.05, 0.1) is 6.26 Å². The van der Waals surface area contributed by atoms with Gasteiger partial charge in [-0.15, -0.1) is 24.0 Å². The maximum absolute atomic E-state index is 11.1. The number of aliphatic imine (C=N–C) groups is 1. The highest BCUT2D eigenvalue weighted by Gasteiger charge is 2.18. The second kappa shape index (κ2) is 13.9. The third-order valence-electron chi connectivity index (χ3n) is 4.44. The molecular weight excluding hydrogens is 501 g/mol. The first-order valence-electron chi connectivity index (χ1n) is 9.90. The second-order valence-electron chi connectivity index (χ2n) is 6.86. The van der Waals surface area contributed by atoms with Gasteiger partial charge in [-0.1, -0.05) is 42.5 Å². The van der Waals surface area contributed by atoms with Crippen molar-refractivity contribution in [2.45, 2.75) is 13.3 Å². The number of hydrogen-bond donors (Lipinski definition) is 2. The first-order valence-corrected chi connectivity index (χ1v) is 11.8. The molecule has 2 rings (SSSR count). The summed E-state index contributed by atoms with van der Waals surface area (Å²) in [5.41, 5.74) is 1.23. The molecule has 1 aromatic carbocycles. The van der Waals surface area contributed by atoms with E-state index < -0.39 is 10.0 Å². The van der Waals surface area contributed by atoms with Crippen LogP contribution >= 0.6 is 24.0 Å². The Kier molecular flexibility index (Phi) is 12.4. The van der Waals surface area contributed by atoms with Crippen molar-refractivity contribution in [1.82, 2.24) is 19.8 Å². The number of guanidine groups is 1. The first kappa shape index (κ1) is 25.9. The molecule has 1 aliphatic heterocycles. The Balaban J connectivity index is 0.00000420. The van der Waals surface area contributed by atoms with E-state index in [9.17, 15) is 8.42 Å². The maximum Gasteiger partial charge on any atom is 0.208 e. The van der Waals surface area contributed by atoms with Gasteiger partial charge < -0.3 is 10.2 Å². The Labute approximate surface area is 192 Å². The van der Waals surface area contributed by atoms with Gasteiger partial charge in [-0.3, -0.25) is 9.89 Å². The van der Waals surface area contributed by atoms with Gasteiger partial charge in [-0.2, -0.15) is 0 Å². The van der Waals surface area contributed by atoms with Crippen LogP contribution in [0.5, 0.6) is 0 Å². The summed E-state index contributed by atoms with van der Waals surface area (Å²) in [5, 5.41) is 3.34. The number of nitrogens with zero attached hydrogens (tertiary/aromatic N) is 3. The van der Waals surface area contributed by atoms with Gasteiger partial charge in [0.25, 0.3) is 0 Å². The fraction of sp³-hybridized carbons (Fsp3) is 0.550. The average Bonchev–Trinajstić information content (AvgIpc) is 2.67. The monoisotopic (exact) mass is 535 g/mol. The summed E-state index contributed by atoms with van der Waals surface area (Å²) in [6.45, 7) is 8.73. The molecule has 0 amide bonds. The zero-order valence-electron chi connectivity index (χ0n) is 17.4. The normalized spacial score (nSPS) is 16.1. The number of benzene rings is 1. The van der Waals surface area contributed by atoms with Crippen LogP contribution in [0.4, 0.5) is 0 Å². The number of nitrogens with one attached hydrogen (secondary N) is 2. The van der Waals surface area contributed by atoms with Crippen LogP contribution in [0, 0.1) is 0 Å². The quantitative estimate of drug-likeness (QED) is 0.219. The van der Waals surface area contributed by atoms with Gasteiger partial charge in [0.1, 0.15) is 0 Å². The second-order valence-corrected chi connectivity index (χ2v) is 8.69. The molecular formula is C20H34IN5O2S. The molecule has 164 valence electrons. The lowest BCUT2D eigenvalue weighted by molar-refractivity contribution is 0.194. The number of halogens is 1. The van der Waals surface area contributed by atoms with E-state index in [1.807, 2.05) is 6.07 Å². The van der Waals surface area contributed by atoms with Gasteiger partial charge >= 0.3 is 0 Å². The van der Waals surface area contributed by atoms with Crippen molar-refractivity contribution in [3.05, 3.63) is 42.0 Å². The van der Waals surface area contributed by atoms with Crippen LogP contribution in [0.15, 0.2) is 41.4 Å². The van der Waals surface area contributed by atoms with E-state index in [1.165, 1.54) is 11.8 Å². The number of sulfonamides is 1. The first-order chi connectivity index (χ1) is 13.5. The maximum atomic E-state index is 11.1. The minimum absolute atomic E-state index is 0. The molecule has 0 aromatic heterocycles. The Morgan fingerprint density at radius 1 is 1.17 bits per heavy atom. The van der Waals surface area contributed by atoms with Crippen LogP contribution in [-0.2, 0) is 10.0 Å². The lowest BCUT2D eigenvalue weighted by Crippen LogP contribution is -2.52. The topological polar surface area (TPSA) is 77.0 Å². The standard InChI is InChI=1S/C20H33N5O2S.HI/c1-3-21-20(22-12-8-13-23-28(2,26)27)25-17-15-24(16-18-25)14-7-11-19-9-5-4-6-10-19;/h4-7,9-11,23H,3,8,12-18H2,1-2H3,(H,21,22);1H/b11-7+;. The van der Waals surface area contributed by atoms with Crippen molar-refractivity contribution in [3.63, 3.8) is 0 Å². The Bertz CT molecular complexity index is 732. The van der Waals surface area contributed by atoms with Crippen molar-refractivity contribution >= 4 is 46.0 Å². The van der Waals surface area contributed by atoms with Crippen LogP contribution in [0.25, 0.3) is 6.08 Å². The third-order valence-corrected chi connectivity index (χ3v) is 5.17. The van der Waals surface area contributed by atoms with E-state index in [0.717, 1.165) is 45.2 Å². The molecule has 7 nitrogen and oxygen atoms in total. The molecule has 0 unspecified atom stereocenters. The highest BCUT2D eigenvalue weighted by Crippen LogP contribution is 2.05. The number of rotatable bonds is 9. The van der Waals surface area contributed by atoms with Crippen molar-refractivity contribution in [2.75, 3.05) is 58.6 Å². The summed E-state index contributed by atoms with van der Waals surface area (Å²) in [5.74, 6) is 0.918. The van der Waals surface area contributed by atoms with Crippen molar-refractivity contribution in [2.24, 2.45) is 4.99 Å². The molecule has 0 aliphatic carbocycles. The molecule has 1 aromatic rings. The van der Waals surface area contributed by atoms with Crippen molar-refractivity contribution in [3.8, 4) is 0 Å². The zero-order chi connectivity index (χ0) is 20.2. The number of piperazine rings is 1. The smallest absolute Gasteiger partial charge is 0.208 e. The lowest BCUT2D eigenvalue weighted by Gasteiger charge is -2.36. The minimum Gasteiger partial charge on any atom is -0.357 e. The summed E-state index contributed by atoms with van der Waals surface area (Å²) in [7, 11) is -3.12. The van der Waals surface area contributed by atoms with Gasteiger partial charge in [-0.05, 0) is 18.9 Å². The SMILES string of the molecule is CCNC(=NCCCNS(C)(=O)=O)N1CCN(C/C=C/c2ccccc2)CC1.I. The summed E-state index contributed by atoms with van der Waals surface area (Å²) in [6, 6.07) is 10.4. The fourth-order valence-corrected chi connectivity index (χ4v) is 3.51. The molecule has 0 spiro atoms. The zero-order valence-corrected chi connectivity index (χ0v) is 20.5. The predicted molar refractivity (Wildman–Crippen MR) is 132 cm³/mol. The van der Waals surface area contributed by atoms with Crippen LogP contribution in [0.3, 0.4) is 0 Å². The van der Waals surface area contributed by atoms with E-state index in [0.29, 0.717) is 19.5 Å². The van der Waals surface area contributed by atoms with E-state index in [-0.39, 0.29) is 24.0 Å². The summed E-state index contributed by atoms with van der Waals surface area (Å²) in [6.07, 6.45) is 6.25. The van der Waals surface area contributed by atoms with E-state index in [1.54, 1.807) is 0 Å². The molecule has 29 heavy (non-hydrogen) atoms. The van der Waals surface area contributed by atoms with E-state index >= 15 is 0 Å². The van der Waals surface area contributed by atoms with Crippen LogP contribution in [-0.4, -0.2) is 82.8 Å². The molecule has 9 heteroatoms. The number of hydrogen-bond acceptors (Lipinski definition) is 4. The molecule has 0 saturated carbocycles. The summed E-state index contributed by atoms with van der Waals surface area (Å²) < 4.78 is 24.7. The molecule has 0 atom stereocenters. The largest absolute Gasteiger partial charge is 0.357 e. The Morgan fingerprint density at radius 2 is 1.86 bits per heavy atom.